The van der Waals surface area contributed by atoms with Crippen molar-refractivity contribution in [2.45, 2.75) is 13.8 Å². The molecule has 0 amide bonds. The lowest BCUT2D eigenvalue weighted by Crippen LogP contribution is -2.40. The molecule has 36 heavy (non-hydrogen) atoms. The molecular formula is C30H34N2O2P2. The lowest BCUT2D eigenvalue weighted by molar-refractivity contribution is 0.368. The number of rotatable bonds is 11. The van der Waals surface area contributed by atoms with Gasteiger partial charge in [-0.25, -0.2) is 9.34 Å². The van der Waals surface area contributed by atoms with Crippen molar-refractivity contribution < 1.29 is 9.13 Å². The molecule has 0 heterocycles. The van der Waals surface area contributed by atoms with Crippen molar-refractivity contribution in [3.05, 3.63) is 121 Å². The zero-order valence-corrected chi connectivity index (χ0v) is 22.8. The first kappa shape index (κ1) is 26.3. The van der Waals surface area contributed by atoms with E-state index in [9.17, 15) is 9.13 Å². The van der Waals surface area contributed by atoms with E-state index in [1.54, 1.807) is 0 Å². The van der Waals surface area contributed by atoms with Crippen molar-refractivity contribution in [1.29, 1.82) is 0 Å². The molecule has 4 nitrogen and oxygen atoms in total. The molecule has 0 aliphatic rings. The monoisotopic (exact) mass is 516 g/mol. The highest BCUT2D eigenvalue weighted by Crippen LogP contribution is 2.50. The van der Waals surface area contributed by atoms with Crippen LogP contribution in [0.15, 0.2) is 121 Å². The van der Waals surface area contributed by atoms with E-state index in [1.165, 1.54) is 0 Å². The van der Waals surface area contributed by atoms with Crippen LogP contribution in [-0.4, -0.2) is 35.5 Å². The van der Waals surface area contributed by atoms with Crippen LogP contribution in [0.1, 0.15) is 13.8 Å². The minimum atomic E-state index is -3.08. The van der Waals surface area contributed by atoms with Gasteiger partial charge in [-0.3, -0.25) is 9.13 Å². The molecule has 4 aromatic rings. The first-order valence-corrected chi connectivity index (χ1v) is 15.8. The average molecular weight is 517 g/mol. The molecule has 0 fully saturated rings. The summed E-state index contributed by atoms with van der Waals surface area (Å²) >= 11 is 0. The van der Waals surface area contributed by atoms with Crippen molar-refractivity contribution in [2.24, 2.45) is 0 Å². The van der Waals surface area contributed by atoms with E-state index in [0.717, 1.165) is 21.2 Å². The summed E-state index contributed by atoms with van der Waals surface area (Å²) in [5.74, 6) is 0. The molecule has 0 N–H and O–H groups in total. The molecule has 0 unspecified atom stereocenters. The first-order chi connectivity index (χ1) is 17.5. The van der Waals surface area contributed by atoms with E-state index in [1.807, 2.05) is 135 Å². The van der Waals surface area contributed by atoms with Gasteiger partial charge in [0.2, 0.25) is 14.6 Å². The second kappa shape index (κ2) is 12.0. The number of likely N-dealkylation sites (N-methyl/N-ethyl adjacent to an activating group) is 2. The van der Waals surface area contributed by atoms with Gasteiger partial charge in [0, 0.05) is 47.4 Å². The average Bonchev–Trinajstić information content (AvgIpc) is 2.96. The molecule has 0 saturated heterocycles. The topological polar surface area (TPSA) is 40.6 Å². The largest absolute Gasteiger partial charge is 0.296 e. The smallest absolute Gasteiger partial charge is 0.207 e. The van der Waals surface area contributed by atoms with Crippen LogP contribution in [0.25, 0.3) is 0 Å². The molecule has 0 aromatic heterocycles. The Balaban J connectivity index is 1.72. The van der Waals surface area contributed by atoms with Crippen LogP contribution < -0.4 is 21.2 Å². The third-order valence-corrected chi connectivity index (χ3v) is 13.1. The third kappa shape index (κ3) is 5.19. The predicted molar refractivity (Wildman–Crippen MR) is 154 cm³/mol. The Labute approximate surface area is 215 Å². The van der Waals surface area contributed by atoms with E-state index < -0.39 is 14.6 Å². The summed E-state index contributed by atoms with van der Waals surface area (Å²) in [6.07, 6.45) is 0. The van der Waals surface area contributed by atoms with Gasteiger partial charge >= 0.3 is 0 Å². The highest BCUT2D eigenvalue weighted by atomic mass is 31.2. The fourth-order valence-corrected chi connectivity index (χ4v) is 10.4. The molecule has 0 aliphatic carbocycles. The lowest BCUT2D eigenvalue weighted by atomic mass is 10.4. The molecule has 0 saturated carbocycles. The van der Waals surface area contributed by atoms with Crippen molar-refractivity contribution in [3.63, 3.8) is 0 Å². The summed E-state index contributed by atoms with van der Waals surface area (Å²) in [5, 5.41) is 3.26. The molecule has 0 spiro atoms. The van der Waals surface area contributed by atoms with Crippen LogP contribution in [0.4, 0.5) is 0 Å². The molecule has 0 atom stereocenters. The maximum atomic E-state index is 14.9. The van der Waals surface area contributed by atoms with Crippen LogP contribution in [0.2, 0.25) is 0 Å². The second-order valence-electron chi connectivity index (χ2n) is 8.59. The molecule has 4 rings (SSSR count). The molecule has 4 aromatic carbocycles. The summed E-state index contributed by atoms with van der Waals surface area (Å²) in [6.45, 7) is 6.36. The number of hydrogen-bond acceptors (Lipinski definition) is 2. The van der Waals surface area contributed by atoms with Gasteiger partial charge < -0.3 is 0 Å². The van der Waals surface area contributed by atoms with Gasteiger partial charge in [0.25, 0.3) is 0 Å². The van der Waals surface area contributed by atoms with Crippen molar-refractivity contribution in [2.75, 3.05) is 26.2 Å². The van der Waals surface area contributed by atoms with Gasteiger partial charge in [-0.15, -0.1) is 0 Å². The second-order valence-corrected chi connectivity index (χ2v) is 14.1. The van der Waals surface area contributed by atoms with Gasteiger partial charge in [0.1, 0.15) is 0 Å². The van der Waals surface area contributed by atoms with E-state index in [0.29, 0.717) is 26.2 Å². The van der Waals surface area contributed by atoms with Gasteiger partial charge in [-0.1, -0.05) is 86.6 Å². The minimum absolute atomic E-state index is 0.523. The SMILES string of the molecule is CCN(CCN(CC)P(=O)(c1ccccc1)c1ccccc1)P(=O)(c1ccccc1)c1ccccc1. The maximum absolute atomic E-state index is 14.9. The Bertz CT molecular complexity index is 1120. The molecule has 0 aliphatic heterocycles. The molecular weight excluding hydrogens is 482 g/mol. The number of nitrogens with zero attached hydrogens (tertiary/aromatic N) is 2. The van der Waals surface area contributed by atoms with Crippen LogP contribution in [0.5, 0.6) is 0 Å². The van der Waals surface area contributed by atoms with Crippen LogP contribution in [-0.2, 0) is 9.13 Å². The quantitative estimate of drug-likeness (QED) is 0.247. The normalized spacial score (nSPS) is 12.2. The van der Waals surface area contributed by atoms with E-state index in [4.69, 9.17) is 0 Å². The van der Waals surface area contributed by atoms with E-state index in [-0.39, 0.29) is 0 Å². The van der Waals surface area contributed by atoms with Crippen molar-refractivity contribution in [3.8, 4) is 0 Å². The van der Waals surface area contributed by atoms with Crippen molar-refractivity contribution >= 4 is 35.8 Å². The fraction of sp³-hybridized carbons (Fsp3) is 0.200. The van der Waals surface area contributed by atoms with Crippen LogP contribution in [0, 0.1) is 0 Å². The zero-order valence-electron chi connectivity index (χ0n) is 21.0. The van der Waals surface area contributed by atoms with Gasteiger partial charge in [0.15, 0.2) is 0 Å². The summed E-state index contributed by atoms with van der Waals surface area (Å²) < 4.78 is 33.9. The lowest BCUT2D eigenvalue weighted by Gasteiger charge is -2.36. The maximum Gasteiger partial charge on any atom is 0.207 e. The Kier molecular flexibility index (Phi) is 8.77. The summed E-state index contributed by atoms with van der Waals surface area (Å²) in [6, 6.07) is 38.9. The molecule has 186 valence electrons. The van der Waals surface area contributed by atoms with Crippen molar-refractivity contribution in [1.82, 2.24) is 9.34 Å². The summed E-state index contributed by atoms with van der Waals surface area (Å²) in [7, 11) is -6.16. The highest BCUT2D eigenvalue weighted by Gasteiger charge is 2.37. The van der Waals surface area contributed by atoms with Crippen LogP contribution >= 0.6 is 14.6 Å². The van der Waals surface area contributed by atoms with Gasteiger partial charge in [-0.05, 0) is 48.5 Å². The molecule has 0 bridgehead atoms. The number of hydrogen-bond donors (Lipinski definition) is 0. The van der Waals surface area contributed by atoms with E-state index in [2.05, 4.69) is 9.34 Å². The first-order valence-electron chi connectivity index (χ1n) is 12.5. The predicted octanol–water partition coefficient (Wildman–Crippen LogP) is 5.49. The fourth-order valence-electron chi connectivity index (χ4n) is 4.70. The Morgan fingerprint density at radius 1 is 0.444 bits per heavy atom. The Hall–Kier alpha value is -2.74. The van der Waals surface area contributed by atoms with Crippen LogP contribution in [0.3, 0.4) is 0 Å². The molecule has 6 heteroatoms. The minimum Gasteiger partial charge on any atom is -0.296 e. The van der Waals surface area contributed by atoms with Gasteiger partial charge in [-0.2, -0.15) is 0 Å². The zero-order chi connectivity index (χ0) is 25.4. The highest BCUT2D eigenvalue weighted by molar-refractivity contribution is 7.77. The molecule has 0 radical (unpaired) electrons. The van der Waals surface area contributed by atoms with Gasteiger partial charge in [0.05, 0.1) is 0 Å². The number of benzene rings is 4. The summed E-state index contributed by atoms with van der Waals surface area (Å²) in [4.78, 5) is 0. The Morgan fingerprint density at radius 3 is 0.861 bits per heavy atom. The Morgan fingerprint density at radius 2 is 0.667 bits per heavy atom. The van der Waals surface area contributed by atoms with E-state index >= 15 is 0 Å². The summed E-state index contributed by atoms with van der Waals surface area (Å²) in [5.41, 5.74) is 0. The third-order valence-electron chi connectivity index (χ3n) is 6.57. The standard InChI is InChI=1S/C30H34N2O2P2/c1-3-31(35(33,27-17-9-5-10-18-27)28-19-11-6-12-20-28)25-26-32(4-2)36(34,29-21-13-7-14-22-29)30-23-15-8-16-24-30/h5-24H,3-4,25-26H2,1-2H3.